The summed E-state index contributed by atoms with van der Waals surface area (Å²) in [5.41, 5.74) is -0.398. The van der Waals surface area contributed by atoms with Gasteiger partial charge in [0.05, 0.1) is 36.0 Å². The Kier molecular flexibility index (Phi) is 13.3. The average molecular weight is 741 g/mol. The second-order valence-electron chi connectivity index (χ2n) is 12.4. The van der Waals surface area contributed by atoms with Gasteiger partial charge in [-0.1, -0.05) is 13.0 Å². The second-order valence-corrected chi connectivity index (χ2v) is 15.6. The topological polar surface area (TPSA) is 138 Å². The Morgan fingerprint density at radius 2 is 1.78 bits per heavy atom. The van der Waals surface area contributed by atoms with E-state index in [0.717, 1.165) is 42.0 Å². The number of rotatable bonds is 8. The van der Waals surface area contributed by atoms with Crippen LogP contribution in [-0.2, 0) is 20.9 Å². The Morgan fingerprint density at radius 3 is 2.42 bits per heavy atom. The number of urea groups is 1. The smallest absolute Gasteiger partial charge is 0.416 e. The van der Waals surface area contributed by atoms with E-state index in [4.69, 9.17) is 9.47 Å². The molecule has 1 aromatic heterocycles. The summed E-state index contributed by atoms with van der Waals surface area (Å²) < 4.78 is 79.2. The number of benzene rings is 2. The third kappa shape index (κ3) is 10.2. The number of hydrogen-bond donors (Lipinski definition) is 3. The van der Waals surface area contributed by atoms with Crippen molar-refractivity contribution in [2.45, 2.75) is 68.7 Å². The highest BCUT2D eigenvalue weighted by atomic mass is 32.2. The van der Waals surface area contributed by atoms with Crippen molar-refractivity contribution in [3.8, 4) is 5.75 Å². The van der Waals surface area contributed by atoms with Crippen LogP contribution in [0.15, 0.2) is 64.2 Å². The predicted molar refractivity (Wildman–Crippen MR) is 185 cm³/mol. The summed E-state index contributed by atoms with van der Waals surface area (Å²) >= 11 is 1.12. The fourth-order valence-corrected chi connectivity index (χ4v) is 7.80. The molecular weight excluding hydrogens is 698 g/mol. The average Bonchev–Trinajstić information content (AvgIpc) is 3.62. The van der Waals surface area contributed by atoms with E-state index in [1.165, 1.54) is 22.3 Å². The fraction of sp³-hybridized carbons (Fsp3) is 0.471. The number of carbonyl (C=O) groups excluding carboxylic acids is 2. The number of nitrogens with zero attached hydrogens (tertiary/aromatic N) is 2. The van der Waals surface area contributed by atoms with E-state index >= 15 is 0 Å². The van der Waals surface area contributed by atoms with Crippen LogP contribution in [-0.4, -0.2) is 86.3 Å². The number of alkyl halides is 3. The summed E-state index contributed by atoms with van der Waals surface area (Å²) in [6.45, 7) is 5.55. The molecule has 0 aliphatic carbocycles. The Bertz CT molecular complexity index is 1690. The SMILES string of the molecule is C[C@H](CO)N1C[C@H](C)[C@@H](CN(C)S(=O)(=O)c2cccs2)OCCCC[C@H](C)Oc2ccc(NC(=O)Nc3ccc(C(F)(F)F)cc3)cc2C1=O. The molecule has 0 unspecified atom stereocenters. The highest BCUT2D eigenvalue weighted by molar-refractivity contribution is 7.91. The van der Waals surface area contributed by atoms with Gasteiger partial charge in [0.2, 0.25) is 0 Å². The van der Waals surface area contributed by atoms with Gasteiger partial charge in [0.15, 0.2) is 0 Å². The minimum atomic E-state index is -4.52. The number of aliphatic hydroxyl groups excluding tert-OH is 1. The van der Waals surface area contributed by atoms with Crippen molar-refractivity contribution >= 4 is 44.7 Å². The van der Waals surface area contributed by atoms with E-state index in [9.17, 15) is 36.3 Å². The molecule has 16 heteroatoms. The molecule has 2 heterocycles. The van der Waals surface area contributed by atoms with Crippen LogP contribution in [0.25, 0.3) is 0 Å². The van der Waals surface area contributed by atoms with Gasteiger partial charge in [-0.3, -0.25) is 4.79 Å². The van der Waals surface area contributed by atoms with Crippen LogP contribution in [0.5, 0.6) is 5.75 Å². The number of hydrogen-bond acceptors (Lipinski definition) is 8. The maximum absolute atomic E-state index is 14.3. The molecule has 3 N–H and O–H groups in total. The number of aliphatic hydroxyl groups is 1. The van der Waals surface area contributed by atoms with E-state index in [0.29, 0.717) is 19.4 Å². The highest BCUT2D eigenvalue weighted by Gasteiger charge is 2.33. The van der Waals surface area contributed by atoms with Crippen molar-refractivity contribution in [1.82, 2.24) is 9.21 Å². The Morgan fingerprint density at radius 1 is 1.10 bits per heavy atom. The van der Waals surface area contributed by atoms with Crippen LogP contribution >= 0.6 is 11.3 Å². The van der Waals surface area contributed by atoms with Gasteiger partial charge in [-0.15, -0.1) is 11.3 Å². The number of anilines is 2. The molecule has 1 aliphatic heterocycles. The zero-order valence-corrected chi connectivity index (χ0v) is 29.9. The molecule has 4 rings (SSSR count). The lowest BCUT2D eigenvalue weighted by atomic mass is 10.0. The monoisotopic (exact) mass is 740 g/mol. The molecule has 0 bridgehead atoms. The summed E-state index contributed by atoms with van der Waals surface area (Å²) in [5, 5.41) is 17.0. The van der Waals surface area contributed by atoms with Crippen LogP contribution in [0.2, 0.25) is 0 Å². The van der Waals surface area contributed by atoms with Gasteiger partial charge in [-0.25, -0.2) is 13.2 Å². The van der Waals surface area contributed by atoms with Crippen LogP contribution < -0.4 is 15.4 Å². The zero-order chi connectivity index (χ0) is 36.6. The minimum absolute atomic E-state index is 0.0369. The first kappa shape index (κ1) is 39.1. The first-order valence-electron chi connectivity index (χ1n) is 16.2. The first-order valence-corrected chi connectivity index (χ1v) is 18.5. The lowest BCUT2D eigenvalue weighted by Crippen LogP contribution is -2.48. The summed E-state index contributed by atoms with van der Waals surface area (Å²) in [7, 11) is -2.27. The highest BCUT2D eigenvalue weighted by Crippen LogP contribution is 2.31. The van der Waals surface area contributed by atoms with Gasteiger partial charge in [-0.05, 0) is 87.0 Å². The lowest BCUT2D eigenvalue weighted by Gasteiger charge is -2.35. The number of thiophene rings is 1. The maximum Gasteiger partial charge on any atom is 0.416 e. The summed E-state index contributed by atoms with van der Waals surface area (Å²) in [5.74, 6) is -0.607. The lowest BCUT2D eigenvalue weighted by molar-refractivity contribution is -0.137. The van der Waals surface area contributed by atoms with E-state index in [-0.39, 0.29) is 58.6 Å². The van der Waals surface area contributed by atoms with E-state index < -0.39 is 45.8 Å². The number of carbonyl (C=O) groups is 2. The number of halogens is 3. The van der Waals surface area contributed by atoms with Crippen LogP contribution in [0, 0.1) is 5.92 Å². The quantitative estimate of drug-likeness (QED) is 0.239. The van der Waals surface area contributed by atoms with Gasteiger partial charge < -0.3 is 30.1 Å². The second kappa shape index (κ2) is 17.0. The minimum Gasteiger partial charge on any atom is -0.490 e. The van der Waals surface area contributed by atoms with E-state index in [2.05, 4.69) is 10.6 Å². The van der Waals surface area contributed by atoms with E-state index in [1.54, 1.807) is 36.6 Å². The third-order valence-corrected chi connectivity index (χ3v) is 11.6. The van der Waals surface area contributed by atoms with Crippen LogP contribution in [0.4, 0.5) is 29.3 Å². The van der Waals surface area contributed by atoms with E-state index in [1.807, 2.05) is 13.8 Å². The summed E-state index contributed by atoms with van der Waals surface area (Å²) in [4.78, 5) is 28.6. The van der Waals surface area contributed by atoms with Gasteiger partial charge in [0, 0.05) is 44.0 Å². The molecule has 274 valence electrons. The number of nitrogens with one attached hydrogen (secondary N) is 2. The van der Waals surface area contributed by atoms with Crippen molar-refractivity contribution < 1.29 is 45.8 Å². The van der Waals surface area contributed by atoms with Crippen molar-refractivity contribution in [3.63, 3.8) is 0 Å². The molecular formula is C34H43F3N4O7S2. The number of ether oxygens (including phenoxy) is 2. The standard InChI is InChI=1S/C34H43F3N4O7S2/c1-22-19-41(23(2)21-42)32(43)28-18-27(39-33(44)38-26-12-10-25(11-13-26)34(35,36)37)14-15-29(28)48-24(3)8-5-6-16-47-30(22)20-40(4)50(45,46)31-9-7-17-49-31/h7,9-15,17-18,22-24,30,42H,5-6,8,16,19-21H2,1-4H3,(H2,38,39,44)/t22-,23+,24-,30+/m0/s1. The largest absolute Gasteiger partial charge is 0.490 e. The summed E-state index contributed by atoms with van der Waals surface area (Å²) in [6, 6.07) is 10.3. The molecule has 50 heavy (non-hydrogen) atoms. The number of sulfonamides is 1. The molecule has 3 amide bonds. The molecule has 2 aromatic carbocycles. The van der Waals surface area contributed by atoms with Gasteiger partial charge in [0.25, 0.3) is 15.9 Å². The molecule has 3 aromatic rings. The molecule has 4 atom stereocenters. The predicted octanol–water partition coefficient (Wildman–Crippen LogP) is 6.53. The fourth-order valence-electron chi connectivity index (χ4n) is 5.41. The molecule has 1 aliphatic rings. The Hall–Kier alpha value is -3.70. The maximum atomic E-state index is 14.3. The molecule has 0 radical (unpaired) electrons. The molecule has 0 spiro atoms. The summed E-state index contributed by atoms with van der Waals surface area (Å²) in [6.07, 6.45) is -3.34. The Labute approximate surface area is 294 Å². The number of fused-ring (bicyclic) bond motifs is 1. The first-order chi connectivity index (χ1) is 23.6. The number of amides is 3. The van der Waals surface area contributed by atoms with Crippen molar-refractivity contribution in [2.24, 2.45) is 5.92 Å². The van der Waals surface area contributed by atoms with Crippen LogP contribution in [0.1, 0.15) is 56.0 Å². The normalized spacial score (nSPS) is 20.4. The van der Waals surface area contributed by atoms with Crippen LogP contribution in [0.3, 0.4) is 0 Å². The molecule has 0 saturated carbocycles. The van der Waals surface area contributed by atoms with Gasteiger partial charge >= 0.3 is 12.2 Å². The molecule has 0 fully saturated rings. The van der Waals surface area contributed by atoms with Crippen molar-refractivity contribution in [3.05, 3.63) is 71.1 Å². The van der Waals surface area contributed by atoms with Gasteiger partial charge in [-0.2, -0.15) is 17.5 Å². The molecule has 11 nitrogen and oxygen atoms in total. The number of likely N-dealkylation sites (N-methyl/N-ethyl adjacent to an activating group) is 1. The molecule has 0 saturated heterocycles. The Balaban J connectivity index is 1.60. The third-order valence-electron chi connectivity index (χ3n) is 8.38. The van der Waals surface area contributed by atoms with Crippen molar-refractivity contribution in [1.29, 1.82) is 0 Å². The van der Waals surface area contributed by atoms with Gasteiger partial charge in [0.1, 0.15) is 9.96 Å². The van der Waals surface area contributed by atoms with Crippen molar-refractivity contribution in [2.75, 3.05) is 44.0 Å². The zero-order valence-electron chi connectivity index (χ0n) is 28.3.